The predicted molar refractivity (Wildman–Crippen MR) is 151 cm³/mol. The molecule has 0 aliphatic heterocycles. The Morgan fingerprint density at radius 3 is 2.36 bits per heavy atom. The van der Waals surface area contributed by atoms with Gasteiger partial charge in [0.25, 0.3) is 0 Å². The number of hydrogen-bond acceptors (Lipinski definition) is 0. The van der Waals surface area contributed by atoms with Crippen molar-refractivity contribution in [1.29, 1.82) is 0 Å². The Morgan fingerprint density at radius 2 is 1.47 bits per heavy atom. The first-order chi connectivity index (χ1) is 17.8. The summed E-state index contributed by atoms with van der Waals surface area (Å²) in [4.78, 5) is 0. The molecule has 3 aromatic carbocycles. The maximum absolute atomic E-state index is 2.47. The number of rotatable bonds is 3. The van der Waals surface area contributed by atoms with Crippen LogP contribution in [0.5, 0.6) is 0 Å². The highest BCUT2D eigenvalue weighted by Crippen LogP contribution is 2.51. The quantitative estimate of drug-likeness (QED) is 0.287. The Morgan fingerprint density at radius 1 is 0.694 bits per heavy atom. The third kappa shape index (κ3) is 2.88. The van der Waals surface area contributed by atoms with Crippen molar-refractivity contribution < 1.29 is 0 Å². The molecule has 0 heterocycles. The molecule has 2 unspecified atom stereocenters. The molecule has 0 aromatic heterocycles. The van der Waals surface area contributed by atoms with Crippen LogP contribution < -0.4 is 0 Å². The van der Waals surface area contributed by atoms with Gasteiger partial charge in [-0.25, -0.2) is 0 Å². The minimum absolute atomic E-state index is 0.461. The summed E-state index contributed by atoms with van der Waals surface area (Å²) in [7, 11) is 0. The minimum Gasteiger partial charge on any atom is -0.0616 e. The van der Waals surface area contributed by atoms with E-state index in [1.54, 1.807) is 0 Å². The summed E-state index contributed by atoms with van der Waals surface area (Å²) in [5.74, 6) is 0.941. The monoisotopic (exact) mass is 460 g/mol. The minimum atomic E-state index is 0.461. The molecule has 0 nitrogen and oxygen atoms in total. The topological polar surface area (TPSA) is 0 Å². The molecular weight excluding hydrogens is 432 g/mol. The molecule has 0 saturated heterocycles. The van der Waals surface area contributed by atoms with Crippen molar-refractivity contribution in [3.63, 3.8) is 0 Å². The molecule has 0 N–H and O–H groups in total. The SMILES string of the molecule is CCC1=C2C=CC3=CC=C(Cc4ccc5c(c4)Cc4cc6ccccc6cc4-5)C4=CC=C(C=C1)C2C34. The van der Waals surface area contributed by atoms with Crippen molar-refractivity contribution in [3.05, 3.63) is 153 Å². The summed E-state index contributed by atoms with van der Waals surface area (Å²) in [6.45, 7) is 2.28. The summed E-state index contributed by atoms with van der Waals surface area (Å²) in [6.07, 6.45) is 22.1. The Kier molecular flexibility index (Phi) is 4.26. The lowest BCUT2D eigenvalue weighted by Gasteiger charge is -2.42. The van der Waals surface area contributed by atoms with Crippen molar-refractivity contribution >= 4 is 10.8 Å². The third-order valence-electron chi connectivity index (χ3n) is 8.92. The van der Waals surface area contributed by atoms with Gasteiger partial charge in [-0.15, -0.1) is 0 Å². The largest absolute Gasteiger partial charge is 0.0616 e. The summed E-state index contributed by atoms with van der Waals surface area (Å²) < 4.78 is 0. The van der Waals surface area contributed by atoms with E-state index in [9.17, 15) is 0 Å². The predicted octanol–water partition coefficient (Wildman–Crippen LogP) is 8.76. The molecule has 0 spiro atoms. The molecule has 36 heavy (non-hydrogen) atoms. The van der Waals surface area contributed by atoms with Crippen molar-refractivity contribution in [2.45, 2.75) is 26.2 Å². The zero-order valence-electron chi connectivity index (χ0n) is 20.6. The van der Waals surface area contributed by atoms with E-state index in [-0.39, 0.29) is 0 Å². The van der Waals surface area contributed by atoms with E-state index < -0.39 is 0 Å². The zero-order valence-corrected chi connectivity index (χ0v) is 20.6. The Labute approximate surface area is 213 Å². The normalized spacial score (nSPS) is 22.5. The highest BCUT2D eigenvalue weighted by atomic mass is 14.4. The van der Waals surface area contributed by atoms with Gasteiger partial charge in [0.05, 0.1) is 0 Å². The van der Waals surface area contributed by atoms with Gasteiger partial charge in [0, 0.05) is 11.8 Å². The molecule has 0 radical (unpaired) electrons. The summed E-state index contributed by atoms with van der Waals surface area (Å²) in [5, 5.41) is 2.67. The van der Waals surface area contributed by atoms with Crippen molar-refractivity contribution in [3.8, 4) is 11.1 Å². The van der Waals surface area contributed by atoms with Gasteiger partial charge in [-0.3, -0.25) is 0 Å². The first-order valence-corrected chi connectivity index (χ1v) is 13.3. The standard InChI is InChI=1S/C36H28/c1-2-23-8-9-24-13-16-33-28(11-10-25-12-15-32(23)35(24)36(25)33)17-22-7-14-31-29(18-22)20-30-19-26-5-3-4-6-27(26)21-34(30)31/h3-16,18-19,21,35-36H,2,17,20H2,1H3. The lowest BCUT2D eigenvalue weighted by atomic mass is 9.61. The smallest absolute Gasteiger partial charge is 0.0202 e. The van der Waals surface area contributed by atoms with Crippen LogP contribution in [0, 0.1) is 11.8 Å². The summed E-state index contributed by atoms with van der Waals surface area (Å²) >= 11 is 0. The highest BCUT2D eigenvalue weighted by Gasteiger charge is 2.39. The second-order valence-corrected chi connectivity index (χ2v) is 10.8. The maximum atomic E-state index is 2.47. The van der Waals surface area contributed by atoms with Gasteiger partial charge in [0.15, 0.2) is 0 Å². The van der Waals surface area contributed by atoms with Gasteiger partial charge in [0.2, 0.25) is 0 Å². The average Bonchev–Trinajstić information content (AvgIpc) is 3.27. The molecule has 3 aromatic rings. The molecule has 0 bridgehead atoms. The van der Waals surface area contributed by atoms with Crippen LogP contribution in [-0.2, 0) is 12.8 Å². The lowest BCUT2D eigenvalue weighted by Crippen LogP contribution is -2.30. The van der Waals surface area contributed by atoms with E-state index in [0.717, 1.165) is 19.3 Å². The Hall–Kier alpha value is -3.90. The number of allylic oxidation sites excluding steroid dienone is 14. The first-order valence-electron chi connectivity index (χ1n) is 13.3. The van der Waals surface area contributed by atoms with Crippen LogP contribution in [0.25, 0.3) is 21.9 Å². The molecule has 172 valence electrons. The van der Waals surface area contributed by atoms with E-state index in [4.69, 9.17) is 0 Å². The van der Waals surface area contributed by atoms with Gasteiger partial charge < -0.3 is 0 Å². The second-order valence-electron chi connectivity index (χ2n) is 10.8. The zero-order chi connectivity index (χ0) is 23.8. The van der Waals surface area contributed by atoms with Crippen LogP contribution in [0.4, 0.5) is 0 Å². The summed E-state index contributed by atoms with van der Waals surface area (Å²) in [5.41, 5.74) is 16.1. The fourth-order valence-electron chi connectivity index (χ4n) is 7.17. The fraction of sp³-hybridized carbons (Fsp3) is 0.167. The van der Waals surface area contributed by atoms with E-state index in [0.29, 0.717) is 11.8 Å². The maximum Gasteiger partial charge on any atom is 0.0202 e. The number of benzene rings is 3. The van der Waals surface area contributed by atoms with E-state index in [1.807, 2.05) is 0 Å². The number of hydrogen-bond donors (Lipinski definition) is 0. The molecule has 0 saturated carbocycles. The van der Waals surface area contributed by atoms with Crippen LogP contribution in [-0.4, -0.2) is 0 Å². The molecule has 5 aliphatic carbocycles. The van der Waals surface area contributed by atoms with E-state index in [2.05, 4.69) is 110 Å². The van der Waals surface area contributed by atoms with Crippen molar-refractivity contribution in [1.82, 2.24) is 0 Å². The van der Waals surface area contributed by atoms with Crippen LogP contribution in [0.2, 0.25) is 0 Å². The van der Waals surface area contributed by atoms with E-state index in [1.165, 1.54) is 72.0 Å². The van der Waals surface area contributed by atoms with Gasteiger partial charge in [-0.05, 0) is 97.4 Å². The Bertz CT molecular complexity index is 1710. The molecule has 5 aliphatic rings. The second kappa shape index (κ2) is 7.55. The van der Waals surface area contributed by atoms with Gasteiger partial charge >= 0.3 is 0 Å². The van der Waals surface area contributed by atoms with Gasteiger partial charge in [-0.1, -0.05) is 104 Å². The molecule has 0 amide bonds. The van der Waals surface area contributed by atoms with Crippen LogP contribution in [0.15, 0.2) is 137 Å². The van der Waals surface area contributed by atoms with Crippen LogP contribution >= 0.6 is 0 Å². The molecule has 2 atom stereocenters. The fourth-order valence-corrected chi connectivity index (χ4v) is 7.17. The summed E-state index contributed by atoms with van der Waals surface area (Å²) in [6, 6.07) is 20.7. The van der Waals surface area contributed by atoms with Crippen LogP contribution in [0.1, 0.15) is 30.0 Å². The molecule has 0 heteroatoms. The van der Waals surface area contributed by atoms with Crippen molar-refractivity contribution in [2.24, 2.45) is 11.8 Å². The van der Waals surface area contributed by atoms with Gasteiger partial charge in [-0.2, -0.15) is 0 Å². The van der Waals surface area contributed by atoms with Crippen molar-refractivity contribution in [2.75, 3.05) is 0 Å². The first kappa shape index (κ1) is 20.3. The highest BCUT2D eigenvalue weighted by molar-refractivity contribution is 5.91. The molecule has 0 fully saturated rings. The van der Waals surface area contributed by atoms with E-state index >= 15 is 0 Å². The number of fused-ring (bicyclic) bond motifs is 4. The van der Waals surface area contributed by atoms with Crippen LogP contribution in [0.3, 0.4) is 0 Å². The molecule has 8 rings (SSSR count). The lowest BCUT2D eigenvalue weighted by molar-refractivity contribution is 0.550. The van der Waals surface area contributed by atoms with Gasteiger partial charge in [0.1, 0.15) is 0 Å². The molecular formula is C36H28. The average molecular weight is 461 g/mol. The third-order valence-corrected chi connectivity index (χ3v) is 8.92. The Balaban J connectivity index is 1.15.